The van der Waals surface area contributed by atoms with Crippen LogP contribution in [-0.4, -0.2) is 40.7 Å². The molecule has 0 unspecified atom stereocenters. The van der Waals surface area contributed by atoms with Gasteiger partial charge in [0.15, 0.2) is 0 Å². The lowest BCUT2D eigenvalue weighted by Crippen LogP contribution is -2.43. The van der Waals surface area contributed by atoms with E-state index in [1.165, 1.54) is 4.90 Å². The molecule has 6 heteroatoms. The highest BCUT2D eigenvalue weighted by Crippen LogP contribution is 2.37. The van der Waals surface area contributed by atoms with E-state index in [1.54, 1.807) is 6.08 Å². The molecular formula is C16H18N2O4. The van der Waals surface area contributed by atoms with Crippen LogP contribution in [-0.2, 0) is 16.1 Å². The van der Waals surface area contributed by atoms with Crippen LogP contribution >= 0.6 is 0 Å². The number of carboxylic acids is 1. The summed E-state index contributed by atoms with van der Waals surface area (Å²) < 4.78 is 5.25. The zero-order valence-electron chi connectivity index (χ0n) is 12.0. The molecule has 0 radical (unpaired) electrons. The van der Waals surface area contributed by atoms with Gasteiger partial charge in [-0.1, -0.05) is 42.5 Å². The summed E-state index contributed by atoms with van der Waals surface area (Å²) in [4.78, 5) is 25.0. The van der Waals surface area contributed by atoms with Crippen molar-refractivity contribution in [2.24, 2.45) is 17.6 Å². The van der Waals surface area contributed by atoms with Crippen molar-refractivity contribution in [1.29, 1.82) is 0 Å². The van der Waals surface area contributed by atoms with Crippen molar-refractivity contribution >= 4 is 12.1 Å². The van der Waals surface area contributed by atoms with Crippen LogP contribution in [0.2, 0.25) is 0 Å². The van der Waals surface area contributed by atoms with Crippen LogP contribution < -0.4 is 5.73 Å². The van der Waals surface area contributed by atoms with Crippen molar-refractivity contribution in [3.63, 3.8) is 0 Å². The first-order valence-corrected chi connectivity index (χ1v) is 7.22. The summed E-state index contributed by atoms with van der Waals surface area (Å²) in [5, 5.41) is 9.43. The number of rotatable bonds is 3. The number of ether oxygens (including phenoxy) is 1. The zero-order chi connectivity index (χ0) is 15.7. The Kier molecular flexibility index (Phi) is 3.85. The van der Waals surface area contributed by atoms with E-state index in [0.717, 1.165) is 5.56 Å². The molecule has 1 aliphatic heterocycles. The third kappa shape index (κ3) is 2.57. The van der Waals surface area contributed by atoms with E-state index in [0.29, 0.717) is 6.54 Å². The molecule has 22 heavy (non-hydrogen) atoms. The Morgan fingerprint density at radius 1 is 1.27 bits per heavy atom. The van der Waals surface area contributed by atoms with Gasteiger partial charge < -0.3 is 15.6 Å². The summed E-state index contributed by atoms with van der Waals surface area (Å²) in [5.74, 6) is -1.31. The van der Waals surface area contributed by atoms with Crippen molar-refractivity contribution in [2.75, 3.05) is 6.54 Å². The number of benzene rings is 1. The number of carboxylic acid groups (broad SMARTS) is 1. The fourth-order valence-electron chi connectivity index (χ4n) is 3.22. The zero-order valence-corrected chi connectivity index (χ0v) is 12.0. The van der Waals surface area contributed by atoms with E-state index >= 15 is 0 Å². The van der Waals surface area contributed by atoms with Gasteiger partial charge in [-0.2, -0.15) is 0 Å². The minimum Gasteiger partial charge on any atom is -0.480 e. The number of aliphatic carboxylic acids is 1. The van der Waals surface area contributed by atoms with Crippen molar-refractivity contribution in [1.82, 2.24) is 4.90 Å². The van der Waals surface area contributed by atoms with Crippen molar-refractivity contribution < 1.29 is 19.4 Å². The third-order valence-electron chi connectivity index (χ3n) is 4.34. The number of fused-ring (bicyclic) bond motifs is 1. The van der Waals surface area contributed by atoms with Crippen molar-refractivity contribution in [2.45, 2.75) is 18.7 Å². The van der Waals surface area contributed by atoms with E-state index in [-0.39, 0.29) is 24.5 Å². The summed E-state index contributed by atoms with van der Waals surface area (Å²) in [5.41, 5.74) is 6.81. The molecule has 3 rings (SSSR count). The largest absolute Gasteiger partial charge is 0.480 e. The number of hydrogen-bond acceptors (Lipinski definition) is 4. The van der Waals surface area contributed by atoms with Gasteiger partial charge in [-0.05, 0) is 5.56 Å². The van der Waals surface area contributed by atoms with E-state index in [4.69, 9.17) is 10.5 Å². The lowest BCUT2D eigenvalue weighted by atomic mass is 9.92. The topological polar surface area (TPSA) is 92.9 Å². The Morgan fingerprint density at radius 3 is 2.68 bits per heavy atom. The van der Waals surface area contributed by atoms with Gasteiger partial charge in [-0.15, -0.1) is 0 Å². The second kappa shape index (κ2) is 5.81. The second-order valence-electron chi connectivity index (χ2n) is 5.68. The predicted molar refractivity (Wildman–Crippen MR) is 78.9 cm³/mol. The number of nitrogens with zero attached hydrogens (tertiary/aromatic N) is 1. The highest BCUT2D eigenvalue weighted by molar-refractivity contribution is 5.82. The van der Waals surface area contributed by atoms with Gasteiger partial charge >= 0.3 is 12.1 Å². The van der Waals surface area contributed by atoms with Gasteiger partial charge in [0.1, 0.15) is 12.6 Å². The minimum atomic E-state index is -1.03. The fraction of sp³-hybridized carbons (Fsp3) is 0.375. The maximum atomic E-state index is 12.2. The lowest BCUT2D eigenvalue weighted by Gasteiger charge is -2.22. The smallest absolute Gasteiger partial charge is 0.410 e. The van der Waals surface area contributed by atoms with Crippen LogP contribution in [0, 0.1) is 11.8 Å². The maximum Gasteiger partial charge on any atom is 0.410 e. The average molecular weight is 302 g/mol. The van der Waals surface area contributed by atoms with E-state index in [2.05, 4.69) is 0 Å². The molecule has 3 N–H and O–H groups in total. The Labute approximate surface area is 128 Å². The lowest BCUT2D eigenvalue weighted by molar-refractivity contribution is -0.142. The molecule has 1 fully saturated rings. The molecule has 1 amide bonds. The molecule has 1 heterocycles. The maximum absolute atomic E-state index is 12.2. The van der Waals surface area contributed by atoms with Crippen LogP contribution in [0.5, 0.6) is 0 Å². The predicted octanol–water partition coefficient (Wildman–Crippen LogP) is 1.22. The van der Waals surface area contributed by atoms with Crippen LogP contribution in [0.25, 0.3) is 0 Å². The van der Waals surface area contributed by atoms with Gasteiger partial charge in [0, 0.05) is 24.4 Å². The minimum absolute atomic E-state index is 0.0506. The monoisotopic (exact) mass is 302 g/mol. The second-order valence-corrected chi connectivity index (χ2v) is 5.68. The Bertz CT molecular complexity index is 601. The van der Waals surface area contributed by atoms with Gasteiger partial charge in [-0.25, -0.2) is 9.59 Å². The average Bonchev–Trinajstić information content (AvgIpc) is 3.06. The van der Waals surface area contributed by atoms with Crippen LogP contribution in [0.3, 0.4) is 0 Å². The molecule has 2 aliphatic rings. The number of likely N-dealkylation sites (tertiary alicyclic amines) is 1. The first kappa shape index (κ1) is 14.6. The number of carbonyl (C=O) groups is 2. The molecule has 4 atom stereocenters. The number of hydrogen-bond donors (Lipinski definition) is 2. The fourth-order valence-corrected chi connectivity index (χ4v) is 3.22. The molecule has 6 nitrogen and oxygen atoms in total. The molecule has 1 saturated heterocycles. The van der Waals surface area contributed by atoms with Gasteiger partial charge in [0.2, 0.25) is 0 Å². The summed E-state index contributed by atoms with van der Waals surface area (Å²) in [6.45, 7) is 0.434. The molecular weight excluding hydrogens is 284 g/mol. The molecule has 0 aromatic heterocycles. The summed E-state index contributed by atoms with van der Waals surface area (Å²) in [6.07, 6.45) is 3.02. The Morgan fingerprint density at radius 2 is 2.00 bits per heavy atom. The molecule has 1 aromatic rings. The summed E-state index contributed by atoms with van der Waals surface area (Å²) >= 11 is 0. The van der Waals surface area contributed by atoms with Crippen LogP contribution in [0.1, 0.15) is 5.56 Å². The van der Waals surface area contributed by atoms with Gasteiger partial charge in [0.05, 0.1) is 0 Å². The quantitative estimate of drug-likeness (QED) is 0.819. The number of nitrogens with two attached hydrogens (primary N) is 1. The highest BCUT2D eigenvalue weighted by atomic mass is 16.6. The molecule has 0 spiro atoms. The van der Waals surface area contributed by atoms with Gasteiger partial charge in [-0.3, -0.25) is 4.90 Å². The molecule has 1 aromatic carbocycles. The van der Waals surface area contributed by atoms with Gasteiger partial charge in [0.25, 0.3) is 0 Å². The number of carbonyl (C=O) groups excluding carboxylic acids is 1. The first-order chi connectivity index (χ1) is 10.6. The molecule has 0 bridgehead atoms. The van der Waals surface area contributed by atoms with Crippen molar-refractivity contribution in [3.05, 3.63) is 48.0 Å². The molecule has 1 aliphatic carbocycles. The van der Waals surface area contributed by atoms with E-state index in [9.17, 15) is 14.7 Å². The molecule has 0 saturated carbocycles. The third-order valence-corrected chi connectivity index (χ3v) is 4.34. The standard InChI is InChI=1S/C16H18N2O4/c17-13-7-6-11-12(13)8-18(14(11)15(19)20)16(21)22-9-10-4-2-1-3-5-10/h1-7,11-14H,8-9,17H2,(H,19,20)/t11-,12+,13+,14+/m1/s1. The Hall–Kier alpha value is -2.34. The van der Waals surface area contributed by atoms with Crippen LogP contribution in [0.15, 0.2) is 42.5 Å². The Balaban J connectivity index is 1.69. The van der Waals surface area contributed by atoms with Crippen LogP contribution in [0.4, 0.5) is 4.79 Å². The van der Waals surface area contributed by atoms with E-state index < -0.39 is 18.1 Å². The molecule has 116 valence electrons. The summed E-state index contributed by atoms with van der Waals surface area (Å²) in [7, 11) is 0. The summed E-state index contributed by atoms with van der Waals surface area (Å²) in [6, 6.07) is 8.16. The number of amides is 1. The SMILES string of the molecule is N[C@H]1C=C[C@@H]2[C@@H]1CN(C(=O)OCc1ccccc1)[C@@H]2C(=O)O. The first-order valence-electron chi connectivity index (χ1n) is 7.22. The van der Waals surface area contributed by atoms with Crippen molar-refractivity contribution in [3.8, 4) is 0 Å². The highest BCUT2D eigenvalue weighted by Gasteiger charge is 2.50. The van der Waals surface area contributed by atoms with E-state index in [1.807, 2.05) is 36.4 Å². The normalized spacial score (nSPS) is 29.4.